The van der Waals surface area contributed by atoms with Crippen LogP contribution in [0.2, 0.25) is 0 Å². The van der Waals surface area contributed by atoms with Gasteiger partial charge < -0.3 is 4.42 Å². The summed E-state index contributed by atoms with van der Waals surface area (Å²) < 4.78 is 32.7. The fourth-order valence-corrected chi connectivity index (χ4v) is 2.33. The number of tetrazole rings is 1. The van der Waals surface area contributed by atoms with Crippen molar-refractivity contribution in [3.63, 3.8) is 0 Å². The maximum Gasteiger partial charge on any atom is 0.216 e. The molecule has 4 aromatic rings. The molecule has 0 aliphatic heterocycles. The molecule has 3 aromatic heterocycles. The number of aromatic nitrogens is 7. The highest BCUT2D eigenvalue weighted by Crippen LogP contribution is 2.29. The van der Waals surface area contributed by atoms with E-state index in [2.05, 4.69) is 35.8 Å². The van der Waals surface area contributed by atoms with Crippen LogP contribution < -0.4 is 0 Å². The van der Waals surface area contributed by atoms with Crippen LogP contribution in [0.15, 0.2) is 34.7 Å². The third-order valence-corrected chi connectivity index (χ3v) is 3.55. The number of aromatic amines is 2. The van der Waals surface area contributed by atoms with Crippen LogP contribution in [-0.4, -0.2) is 35.8 Å². The molecule has 10 heteroatoms. The fraction of sp³-hybridized carbons (Fsp3) is 0.133. The van der Waals surface area contributed by atoms with Gasteiger partial charge in [-0.15, -0.1) is 10.2 Å². The van der Waals surface area contributed by atoms with Gasteiger partial charge in [-0.3, -0.25) is 5.10 Å². The van der Waals surface area contributed by atoms with Gasteiger partial charge in [0.15, 0.2) is 23.2 Å². The third-order valence-electron chi connectivity index (χ3n) is 3.55. The van der Waals surface area contributed by atoms with Crippen molar-refractivity contribution in [3.8, 4) is 22.9 Å². The van der Waals surface area contributed by atoms with Crippen molar-refractivity contribution in [1.82, 2.24) is 35.8 Å². The maximum atomic E-state index is 13.8. The zero-order chi connectivity index (χ0) is 17.2. The Morgan fingerprint density at radius 3 is 2.72 bits per heavy atom. The lowest BCUT2D eigenvalue weighted by Crippen LogP contribution is -1.95. The van der Waals surface area contributed by atoms with Crippen molar-refractivity contribution in [3.05, 3.63) is 53.6 Å². The summed E-state index contributed by atoms with van der Waals surface area (Å²) in [7, 11) is 0. The standard InChI is InChI=1S/C15H11F2N7O/c16-9-3-1-2-8(14(9)17)10-4-5-11(25-10)15-18-12(19-22-15)6-7-13-20-23-24-21-13/h1-5H,6-7H2,(H,18,19,22)(H,20,21,23,24). The molecule has 0 amide bonds. The van der Waals surface area contributed by atoms with Gasteiger partial charge in [0.25, 0.3) is 0 Å². The summed E-state index contributed by atoms with van der Waals surface area (Å²) in [5.41, 5.74) is 0.0408. The molecule has 25 heavy (non-hydrogen) atoms. The summed E-state index contributed by atoms with van der Waals surface area (Å²) in [5, 5.41) is 20.4. The number of aryl methyl sites for hydroxylation is 2. The van der Waals surface area contributed by atoms with Gasteiger partial charge in [-0.25, -0.2) is 13.8 Å². The first-order valence-electron chi connectivity index (χ1n) is 7.39. The molecule has 4 rings (SSSR count). The number of furan rings is 1. The molecule has 0 saturated heterocycles. The van der Waals surface area contributed by atoms with Gasteiger partial charge in [0, 0.05) is 12.8 Å². The lowest BCUT2D eigenvalue weighted by molar-refractivity contribution is 0.505. The second-order valence-corrected chi connectivity index (χ2v) is 5.20. The van der Waals surface area contributed by atoms with Gasteiger partial charge >= 0.3 is 0 Å². The van der Waals surface area contributed by atoms with Crippen molar-refractivity contribution < 1.29 is 13.2 Å². The van der Waals surface area contributed by atoms with E-state index in [1.807, 2.05) is 0 Å². The smallest absolute Gasteiger partial charge is 0.216 e. The van der Waals surface area contributed by atoms with Crippen molar-refractivity contribution in [2.75, 3.05) is 0 Å². The first kappa shape index (κ1) is 15.1. The van der Waals surface area contributed by atoms with Gasteiger partial charge in [0.1, 0.15) is 11.6 Å². The van der Waals surface area contributed by atoms with Crippen molar-refractivity contribution in [2.45, 2.75) is 12.8 Å². The molecule has 8 nitrogen and oxygen atoms in total. The minimum atomic E-state index is -0.959. The quantitative estimate of drug-likeness (QED) is 0.575. The van der Waals surface area contributed by atoms with Crippen LogP contribution in [-0.2, 0) is 12.8 Å². The van der Waals surface area contributed by atoms with Gasteiger partial charge in [0.05, 0.1) is 5.56 Å². The monoisotopic (exact) mass is 343 g/mol. The zero-order valence-corrected chi connectivity index (χ0v) is 12.7. The minimum Gasteiger partial charge on any atom is -0.453 e. The average molecular weight is 343 g/mol. The minimum absolute atomic E-state index is 0.0408. The average Bonchev–Trinajstić information content (AvgIpc) is 3.36. The summed E-state index contributed by atoms with van der Waals surface area (Å²) >= 11 is 0. The molecular weight excluding hydrogens is 332 g/mol. The first-order chi connectivity index (χ1) is 12.2. The molecule has 0 atom stereocenters. The molecule has 126 valence electrons. The van der Waals surface area contributed by atoms with E-state index in [9.17, 15) is 8.78 Å². The van der Waals surface area contributed by atoms with Gasteiger partial charge in [0.2, 0.25) is 5.82 Å². The van der Waals surface area contributed by atoms with E-state index in [1.54, 1.807) is 12.1 Å². The number of halogens is 2. The van der Waals surface area contributed by atoms with Crippen LogP contribution in [0, 0.1) is 11.6 Å². The molecule has 0 aliphatic carbocycles. The predicted octanol–water partition coefficient (Wildman–Crippen LogP) is 2.31. The topological polar surface area (TPSA) is 109 Å². The van der Waals surface area contributed by atoms with Gasteiger partial charge in [-0.2, -0.15) is 10.3 Å². The molecule has 0 bridgehead atoms. The Balaban J connectivity index is 1.53. The third kappa shape index (κ3) is 3.01. The van der Waals surface area contributed by atoms with Crippen LogP contribution in [0.5, 0.6) is 0 Å². The number of hydrogen-bond acceptors (Lipinski definition) is 6. The lowest BCUT2D eigenvalue weighted by Gasteiger charge is -1.99. The highest BCUT2D eigenvalue weighted by Gasteiger charge is 2.16. The molecule has 0 saturated carbocycles. The van der Waals surface area contributed by atoms with Crippen molar-refractivity contribution in [1.29, 1.82) is 0 Å². The van der Waals surface area contributed by atoms with Gasteiger partial charge in [-0.1, -0.05) is 11.3 Å². The number of hydrogen-bond donors (Lipinski definition) is 2. The molecule has 0 radical (unpaired) electrons. The Bertz CT molecular complexity index is 993. The highest BCUT2D eigenvalue weighted by atomic mass is 19.2. The lowest BCUT2D eigenvalue weighted by atomic mass is 10.1. The Kier molecular flexibility index (Phi) is 3.77. The number of nitrogens with one attached hydrogen (secondary N) is 2. The van der Waals surface area contributed by atoms with E-state index in [-0.39, 0.29) is 11.3 Å². The summed E-state index contributed by atoms with van der Waals surface area (Å²) in [6.07, 6.45) is 1.08. The fourth-order valence-electron chi connectivity index (χ4n) is 2.33. The van der Waals surface area contributed by atoms with Crippen molar-refractivity contribution >= 4 is 0 Å². The number of H-pyrrole nitrogens is 2. The molecule has 0 aliphatic rings. The summed E-state index contributed by atoms with van der Waals surface area (Å²) in [6, 6.07) is 7.05. The molecule has 1 aromatic carbocycles. The number of benzene rings is 1. The maximum absolute atomic E-state index is 13.8. The van der Waals surface area contributed by atoms with Crippen LogP contribution in [0.3, 0.4) is 0 Å². The molecule has 2 N–H and O–H groups in total. The molecule has 0 fully saturated rings. The Hall–Kier alpha value is -3.43. The van der Waals surface area contributed by atoms with Crippen LogP contribution >= 0.6 is 0 Å². The summed E-state index contributed by atoms with van der Waals surface area (Å²) in [6.45, 7) is 0. The Morgan fingerprint density at radius 2 is 1.88 bits per heavy atom. The Morgan fingerprint density at radius 1 is 1.00 bits per heavy atom. The van der Waals surface area contributed by atoms with Crippen LogP contribution in [0.1, 0.15) is 11.6 Å². The zero-order valence-electron chi connectivity index (χ0n) is 12.7. The first-order valence-corrected chi connectivity index (χ1v) is 7.39. The second-order valence-electron chi connectivity index (χ2n) is 5.20. The number of nitrogens with zero attached hydrogens (tertiary/aromatic N) is 5. The Labute approximate surface area is 139 Å². The van der Waals surface area contributed by atoms with E-state index < -0.39 is 11.6 Å². The SMILES string of the molecule is Fc1cccc(-c2ccc(-c3n[nH]c(CCc4nn[nH]n4)n3)o2)c1F. The molecule has 3 heterocycles. The van der Waals surface area contributed by atoms with E-state index >= 15 is 0 Å². The summed E-state index contributed by atoms with van der Waals surface area (Å²) in [5.74, 6) is 0.169. The van der Waals surface area contributed by atoms with Crippen molar-refractivity contribution in [2.24, 2.45) is 0 Å². The van der Waals surface area contributed by atoms with Gasteiger partial charge in [-0.05, 0) is 24.3 Å². The summed E-state index contributed by atoms with van der Waals surface area (Å²) in [4.78, 5) is 4.31. The number of rotatable bonds is 5. The van der Waals surface area contributed by atoms with Crippen LogP contribution in [0.25, 0.3) is 22.9 Å². The van der Waals surface area contributed by atoms with E-state index in [1.165, 1.54) is 12.1 Å². The van der Waals surface area contributed by atoms with E-state index in [0.717, 1.165) is 6.07 Å². The van der Waals surface area contributed by atoms with E-state index in [0.29, 0.717) is 36.1 Å². The van der Waals surface area contributed by atoms with Crippen LogP contribution in [0.4, 0.5) is 8.78 Å². The predicted molar refractivity (Wildman–Crippen MR) is 81.0 cm³/mol. The molecule has 0 spiro atoms. The molecular formula is C15H11F2N7O. The normalized spacial score (nSPS) is 11.1. The second kappa shape index (κ2) is 6.23. The van der Waals surface area contributed by atoms with E-state index in [4.69, 9.17) is 4.42 Å². The highest BCUT2D eigenvalue weighted by molar-refractivity contribution is 5.62. The largest absolute Gasteiger partial charge is 0.453 e. The molecule has 0 unspecified atom stereocenters.